The number of alkyl halides is 1. The standard InChI is InChI=1S/C13H19FN2O/c1-8-9(2)15-10(3)12(8)13(17)16-6-4-11(14)5-7-16/h11,15H,4-7H2,1-3H3. The van der Waals surface area contributed by atoms with Crippen LogP contribution in [0.2, 0.25) is 0 Å². The van der Waals surface area contributed by atoms with Crippen molar-refractivity contribution in [3.8, 4) is 0 Å². The smallest absolute Gasteiger partial charge is 0.255 e. The second kappa shape index (κ2) is 4.51. The Bertz CT molecular complexity index is 431. The van der Waals surface area contributed by atoms with Crippen molar-refractivity contribution in [3.63, 3.8) is 0 Å². The lowest BCUT2D eigenvalue weighted by Gasteiger charge is -2.29. The van der Waals surface area contributed by atoms with E-state index in [1.807, 2.05) is 20.8 Å². The summed E-state index contributed by atoms with van der Waals surface area (Å²) in [5.74, 6) is 0.0382. The molecule has 1 aliphatic rings. The molecule has 1 aromatic rings. The van der Waals surface area contributed by atoms with Crippen LogP contribution in [0.5, 0.6) is 0 Å². The quantitative estimate of drug-likeness (QED) is 0.801. The Hall–Kier alpha value is -1.32. The molecule has 2 heterocycles. The predicted molar refractivity (Wildman–Crippen MR) is 65.0 cm³/mol. The van der Waals surface area contributed by atoms with Crippen LogP contribution >= 0.6 is 0 Å². The molecule has 1 aliphatic heterocycles. The first-order valence-corrected chi connectivity index (χ1v) is 6.09. The summed E-state index contributed by atoms with van der Waals surface area (Å²) in [5.41, 5.74) is 3.72. The molecule has 2 rings (SSSR count). The monoisotopic (exact) mass is 238 g/mol. The van der Waals surface area contributed by atoms with Gasteiger partial charge in [-0.2, -0.15) is 0 Å². The summed E-state index contributed by atoms with van der Waals surface area (Å²) in [7, 11) is 0. The highest BCUT2D eigenvalue weighted by Gasteiger charge is 2.26. The Labute approximate surface area is 101 Å². The summed E-state index contributed by atoms with van der Waals surface area (Å²) in [6, 6.07) is 0. The van der Waals surface area contributed by atoms with E-state index in [0.29, 0.717) is 25.9 Å². The molecule has 1 amide bonds. The number of amides is 1. The topological polar surface area (TPSA) is 36.1 Å². The molecule has 0 radical (unpaired) electrons. The van der Waals surface area contributed by atoms with Crippen LogP contribution in [0.3, 0.4) is 0 Å². The van der Waals surface area contributed by atoms with Gasteiger partial charge in [0.1, 0.15) is 6.17 Å². The minimum absolute atomic E-state index is 0.0382. The van der Waals surface area contributed by atoms with Gasteiger partial charge in [0, 0.05) is 24.5 Å². The van der Waals surface area contributed by atoms with Gasteiger partial charge in [-0.05, 0) is 39.2 Å². The Morgan fingerprint density at radius 1 is 1.24 bits per heavy atom. The molecular formula is C13H19FN2O. The molecule has 1 N–H and O–H groups in total. The second-order valence-corrected chi connectivity index (χ2v) is 4.84. The number of hydrogen-bond acceptors (Lipinski definition) is 1. The van der Waals surface area contributed by atoms with Crippen LogP contribution in [0.4, 0.5) is 4.39 Å². The molecule has 1 fully saturated rings. The minimum Gasteiger partial charge on any atom is -0.362 e. The van der Waals surface area contributed by atoms with Gasteiger partial charge in [-0.3, -0.25) is 4.79 Å². The Morgan fingerprint density at radius 3 is 2.29 bits per heavy atom. The fourth-order valence-electron chi connectivity index (χ4n) is 2.44. The van der Waals surface area contributed by atoms with E-state index in [0.717, 1.165) is 22.5 Å². The maximum absolute atomic E-state index is 13.0. The summed E-state index contributed by atoms with van der Waals surface area (Å²) in [6.45, 7) is 6.89. The number of halogens is 1. The lowest BCUT2D eigenvalue weighted by atomic mass is 10.1. The number of aromatic nitrogens is 1. The van der Waals surface area contributed by atoms with Gasteiger partial charge >= 0.3 is 0 Å². The molecular weight excluding hydrogens is 219 g/mol. The predicted octanol–water partition coefficient (Wildman–Crippen LogP) is 2.51. The van der Waals surface area contributed by atoms with Crippen LogP contribution in [0.15, 0.2) is 0 Å². The zero-order valence-electron chi connectivity index (χ0n) is 10.6. The third-order valence-corrected chi connectivity index (χ3v) is 3.61. The highest BCUT2D eigenvalue weighted by Crippen LogP contribution is 2.22. The van der Waals surface area contributed by atoms with E-state index < -0.39 is 6.17 Å². The first-order valence-electron chi connectivity index (χ1n) is 6.09. The van der Waals surface area contributed by atoms with Crippen LogP contribution in [0, 0.1) is 20.8 Å². The van der Waals surface area contributed by atoms with Crippen LogP contribution in [0.1, 0.15) is 40.2 Å². The van der Waals surface area contributed by atoms with E-state index in [-0.39, 0.29) is 5.91 Å². The number of H-pyrrole nitrogens is 1. The fraction of sp³-hybridized carbons (Fsp3) is 0.615. The highest BCUT2D eigenvalue weighted by molar-refractivity contribution is 5.97. The van der Waals surface area contributed by atoms with Crippen molar-refractivity contribution in [2.24, 2.45) is 0 Å². The molecule has 94 valence electrons. The van der Waals surface area contributed by atoms with Crippen molar-refractivity contribution in [1.29, 1.82) is 0 Å². The van der Waals surface area contributed by atoms with E-state index in [1.165, 1.54) is 0 Å². The molecule has 0 aliphatic carbocycles. The minimum atomic E-state index is -0.741. The first-order chi connectivity index (χ1) is 8.00. The average molecular weight is 238 g/mol. The number of nitrogens with zero attached hydrogens (tertiary/aromatic N) is 1. The van der Waals surface area contributed by atoms with Crippen molar-refractivity contribution in [1.82, 2.24) is 9.88 Å². The Morgan fingerprint density at radius 2 is 1.82 bits per heavy atom. The van der Waals surface area contributed by atoms with Gasteiger partial charge in [0.15, 0.2) is 0 Å². The number of piperidine rings is 1. The van der Waals surface area contributed by atoms with Gasteiger partial charge in [-0.1, -0.05) is 0 Å². The van der Waals surface area contributed by atoms with Crippen molar-refractivity contribution in [3.05, 3.63) is 22.5 Å². The average Bonchev–Trinajstić information content (AvgIpc) is 2.53. The normalized spacial score (nSPS) is 17.5. The maximum Gasteiger partial charge on any atom is 0.255 e. The van der Waals surface area contributed by atoms with E-state index in [9.17, 15) is 9.18 Å². The lowest BCUT2D eigenvalue weighted by molar-refractivity contribution is 0.0666. The lowest BCUT2D eigenvalue weighted by Crippen LogP contribution is -2.39. The second-order valence-electron chi connectivity index (χ2n) is 4.84. The summed E-state index contributed by atoms with van der Waals surface area (Å²) in [6.07, 6.45) is 0.190. The summed E-state index contributed by atoms with van der Waals surface area (Å²) < 4.78 is 13.0. The number of likely N-dealkylation sites (tertiary alicyclic amines) is 1. The molecule has 0 aromatic carbocycles. The van der Waals surface area contributed by atoms with E-state index in [4.69, 9.17) is 0 Å². The molecule has 0 saturated carbocycles. The highest BCUT2D eigenvalue weighted by atomic mass is 19.1. The molecule has 1 saturated heterocycles. The number of aryl methyl sites for hydroxylation is 2. The van der Waals surface area contributed by atoms with Crippen LogP contribution in [-0.2, 0) is 0 Å². The molecule has 17 heavy (non-hydrogen) atoms. The van der Waals surface area contributed by atoms with E-state index in [1.54, 1.807) is 4.90 Å². The van der Waals surface area contributed by atoms with Crippen molar-refractivity contribution in [2.75, 3.05) is 13.1 Å². The first kappa shape index (κ1) is 12.1. The molecule has 1 aromatic heterocycles. The third-order valence-electron chi connectivity index (χ3n) is 3.61. The summed E-state index contributed by atoms with van der Waals surface area (Å²) in [4.78, 5) is 17.3. The number of hydrogen-bond donors (Lipinski definition) is 1. The maximum atomic E-state index is 13.0. The number of rotatable bonds is 1. The molecule has 3 nitrogen and oxygen atoms in total. The molecule has 0 bridgehead atoms. The summed E-state index contributed by atoms with van der Waals surface area (Å²) >= 11 is 0. The van der Waals surface area contributed by atoms with Crippen molar-refractivity contribution in [2.45, 2.75) is 39.8 Å². The Kier molecular flexibility index (Phi) is 3.22. The molecule has 0 unspecified atom stereocenters. The van der Waals surface area contributed by atoms with Gasteiger partial charge < -0.3 is 9.88 Å². The fourth-order valence-corrected chi connectivity index (χ4v) is 2.44. The zero-order valence-corrected chi connectivity index (χ0v) is 10.6. The number of carbonyl (C=O) groups is 1. The SMILES string of the molecule is Cc1[nH]c(C)c(C(=O)N2CCC(F)CC2)c1C. The third kappa shape index (κ3) is 2.21. The number of nitrogens with one attached hydrogen (secondary N) is 1. The van der Waals surface area contributed by atoms with Gasteiger partial charge in [0.2, 0.25) is 0 Å². The Balaban J connectivity index is 2.20. The largest absolute Gasteiger partial charge is 0.362 e. The number of aromatic amines is 1. The van der Waals surface area contributed by atoms with Crippen molar-refractivity contribution >= 4 is 5.91 Å². The van der Waals surface area contributed by atoms with Crippen LogP contribution in [0.25, 0.3) is 0 Å². The summed E-state index contributed by atoms with van der Waals surface area (Å²) in [5, 5.41) is 0. The molecule has 4 heteroatoms. The van der Waals surface area contributed by atoms with Crippen molar-refractivity contribution < 1.29 is 9.18 Å². The van der Waals surface area contributed by atoms with Gasteiger partial charge in [0.25, 0.3) is 5.91 Å². The zero-order chi connectivity index (χ0) is 12.6. The van der Waals surface area contributed by atoms with Gasteiger partial charge in [0.05, 0.1) is 5.56 Å². The van der Waals surface area contributed by atoms with E-state index >= 15 is 0 Å². The van der Waals surface area contributed by atoms with Gasteiger partial charge in [-0.25, -0.2) is 4.39 Å². The van der Waals surface area contributed by atoms with Crippen LogP contribution in [-0.4, -0.2) is 35.1 Å². The number of carbonyl (C=O) groups excluding carboxylic acids is 1. The van der Waals surface area contributed by atoms with E-state index in [2.05, 4.69) is 4.98 Å². The molecule has 0 atom stereocenters. The molecule has 0 spiro atoms. The van der Waals surface area contributed by atoms with Crippen LogP contribution < -0.4 is 0 Å². The van der Waals surface area contributed by atoms with Gasteiger partial charge in [-0.15, -0.1) is 0 Å².